The third-order valence-corrected chi connectivity index (χ3v) is 3.99. The van der Waals surface area contributed by atoms with Gasteiger partial charge in [0, 0.05) is 30.6 Å². The number of nitrogens with zero attached hydrogens (tertiary/aromatic N) is 1. The number of nitrogens with one attached hydrogen (secondary N) is 2. The van der Waals surface area contributed by atoms with Crippen LogP contribution in [0.3, 0.4) is 0 Å². The summed E-state index contributed by atoms with van der Waals surface area (Å²) in [4.78, 5) is 27.8. The third-order valence-electron chi connectivity index (χ3n) is 3.99. The molecule has 0 aliphatic rings. The zero-order chi connectivity index (χ0) is 19.2. The van der Waals surface area contributed by atoms with E-state index in [2.05, 4.69) is 15.6 Å². The van der Waals surface area contributed by atoms with E-state index in [1.54, 1.807) is 60.9 Å². The molecule has 0 aliphatic heterocycles. The van der Waals surface area contributed by atoms with Crippen LogP contribution in [0.4, 0.5) is 10.1 Å². The van der Waals surface area contributed by atoms with Crippen molar-refractivity contribution in [3.63, 3.8) is 0 Å². The third kappa shape index (κ3) is 4.76. The molecule has 27 heavy (non-hydrogen) atoms. The Morgan fingerprint density at radius 2 is 1.48 bits per heavy atom. The highest BCUT2D eigenvalue weighted by Crippen LogP contribution is 2.23. The maximum absolute atomic E-state index is 13.3. The van der Waals surface area contributed by atoms with E-state index in [1.807, 2.05) is 0 Å². The Balaban J connectivity index is 1.84. The standard InChI is InChI=1S/C21H18FN3O2/c1-14(26)24-19-8-4-17(5-9-19)21(27)25-20(16-10-12-23-13-11-16)15-2-6-18(22)7-3-15/h2-13,20H,1H3,(H,24,26)(H,25,27). The molecule has 3 rings (SSSR count). The average molecular weight is 363 g/mol. The van der Waals surface area contributed by atoms with Crippen LogP contribution in [-0.2, 0) is 4.79 Å². The minimum Gasteiger partial charge on any atom is -0.341 e. The first-order chi connectivity index (χ1) is 13.0. The van der Waals surface area contributed by atoms with E-state index in [1.165, 1.54) is 19.1 Å². The topological polar surface area (TPSA) is 71.1 Å². The molecule has 0 spiro atoms. The summed E-state index contributed by atoms with van der Waals surface area (Å²) in [5.41, 5.74) is 2.65. The molecule has 2 N–H and O–H groups in total. The van der Waals surface area contributed by atoms with Crippen LogP contribution in [0.25, 0.3) is 0 Å². The van der Waals surface area contributed by atoms with E-state index in [9.17, 15) is 14.0 Å². The number of amides is 2. The molecule has 3 aromatic rings. The van der Waals surface area contributed by atoms with Gasteiger partial charge in [-0.05, 0) is 59.7 Å². The molecule has 0 fully saturated rings. The Kier molecular flexibility index (Phi) is 5.56. The molecule has 0 radical (unpaired) electrons. The lowest BCUT2D eigenvalue weighted by molar-refractivity contribution is -0.114. The zero-order valence-corrected chi connectivity index (χ0v) is 14.6. The molecule has 2 aromatic carbocycles. The van der Waals surface area contributed by atoms with Crippen molar-refractivity contribution < 1.29 is 14.0 Å². The van der Waals surface area contributed by atoms with Crippen molar-refractivity contribution in [2.45, 2.75) is 13.0 Å². The molecule has 1 heterocycles. The number of hydrogen-bond donors (Lipinski definition) is 2. The minimum absolute atomic E-state index is 0.179. The van der Waals surface area contributed by atoms with E-state index in [-0.39, 0.29) is 17.6 Å². The lowest BCUT2D eigenvalue weighted by Crippen LogP contribution is -2.29. The summed E-state index contributed by atoms with van der Waals surface area (Å²) in [6.07, 6.45) is 3.28. The van der Waals surface area contributed by atoms with Crippen molar-refractivity contribution in [1.29, 1.82) is 0 Å². The predicted octanol–water partition coefficient (Wildman–Crippen LogP) is 3.70. The fourth-order valence-corrected chi connectivity index (χ4v) is 2.69. The Hall–Kier alpha value is -3.54. The first kappa shape index (κ1) is 18.3. The summed E-state index contributed by atoms with van der Waals surface area (Å²) in [7, 11) is 0. The predicted molar refractivity (Wildman–Crippen MR) is 101 cm³/mol. The zero-order valence-electron chi connectivity index (χ0n) is 14.6. The summed E-state index contributed by atoms with van der Waals surface area (Å²) < 4.78 is 13.3. The van der Waals surface area contributed by atoms with Gasteiger partial charge in [0.2, 0.25) is 5.91 Å². The van der Waals surface area contributed by atoms with Gasteiger partial charge in [0.25, 0.3) is 5.91 Å². The number of benzene rings is 2. The van der Waals surface area contributed by atoms with Crippen molar-refractivity contribution in [2.24, 2.45) is 0 Å². The van der Waals surface area contributed by atoms with Gasteiger partial charge in [0.15, 0.2) is 0 Å². The van der Waals surface area contributed by atoms with Crippen LogP contribution in [0.1, 0.15) is 34.5 Å². The summed E-state index contributed by atoms with van der Waals surface area (Å²) in [6.45, 7) is 1.42. The highest BCUT2D eigenvalue weighted by molar-refractivity contribution is 5.96. The van der Waals surface area contributed by atoms with Crippen LogP contribution in [0.2, 0.25) is 0 Å². The van der Waals surface area contributed by atoms with Gasteiger partial charge in [0.05, 0.1) is 6.04 Å². The first-order valence-electron chi connectivity index (χ1n) is 8.37. The molecule has 6 heteroatoms. The van der Waals surface area contributed by atoms with Crippen LogP contribution in [0, 0.1) is 5.82 Å². The second kappa shape index (κ2) is 8.23. The fourth-order valence-electron chi connectivity index (χ4n) is 2.69. The number of hydrogen-bond acceptors (Lipinski definition) is 3. The second-order valence-corrected chi connectivity index (χ2v) is 6.00. The van der Waals surface area contributed by atoms with E-state index in [0.717, 1.165) is 11.1 Å². The molecular formula is C21H18FN3O2. The second-order valence-electron chi connectivity index (χ2n) is 6.00. The average Bonchev–Trinajstić information content (AvgIpc) is 2.67. The molecule has 1 atom stereocenters. The smallest absolute Gasteiger partial charge is 0.252 e. The maximum Gasteiger partial charge on any atom is 0.252 e. The highest BCUT2D eigenvalue weighted by Gasteiger charge is 2.18. The van der Waals surface area contributed by atoms with Crippen molar-refractivity contribution >= 4 is 17.5 Å². The number of rotatable bonds is 5. The number of halogens is 1. The number of aromatic nitrogens is 1. The van der Waals surface area contributed by atoms with Crippen LogP contribution >= 0.6 is 0 Å². The fraction of sp³-hybridized carbons (Fsp3) is 0.0952. The summed E-state index contributed by atoms with van der Waals surface area (Å²) in [5.74, 6) is -0.802. The molecule has 0 saturated heterocycles. The lowest BCUT2D eigenvalue weighted by Gasteiger charge is -2.20. The summed E-state index contributed by atoms with van der Waals surface area (Å²) in [5, 5.41) is 5.62. The van der Waals surface area contributed by atoms with Crippen LogP contribution < -0.4 is 10.6 Å². The number of carbonyl (C=O) groups excluding carboxylic acids is 2. The summed E-state index contributed by atoms with van der Waals surface area (Å²) >= 11 is 0. The van der Waals surface area contributed by atoms with Gasteiger partial charge < -0.3 is 10.6 Å². The van der Waals surface area contributed by atoms with Crippen LogP contribution in [-0.4, -0.2) is 16.8 Å². The normalized spacial score (nSPS) is 11.5. The van der Waals surface area contributed by atoms with Crippen molar-refractivity contribution in [2.75, 3.05) is 5.32 Å². The monoisotopic (exact) mass is 363 g/mol. The van der Waals surface area contributed by atoms with E-state index in [4.69, 9.17) is 0 Å². The Labute approximate surface area is 156 Å². The molecule has 2 amide bonds. The van der Waals surface area contributed by atoms with Gasteiger partial charge in [-0.15, -0.1) is 0 Å². The number of anilines is 1. The van der Waals surface area contributed by atoms with Gasteiger partial charge in [-0.25, -0.2) is 4.39 Å². The molecule has 5 nitrogen and oxygen atoms in total. The lowest BCUT2D eigenvalue weighted by atomic mass is 9.99. The van der Waals surface area contributed by atoms with E-state index < -0.39 is 6.04 Å². The number of pyridine rings is 1. The minimum atomic E-state index is -0.448. The number of carbonyl (C=O) groups is 2. The molecule has 0 saturated carbocycles. The van der Waals surface area contributed by atoms with Crippen molar-refractivity contribution in [3.8, 4) is 0 Å². The molecule has 1 unspecified atom stereocenters. The quantitative estimate of drug-likeness (QED) is 0.726. The van der Waals surface area contributed by atoms with Gasteiger partial charge in [-0.1, -0.05) is 12.1 Å². The SMILES string of the molecule is CC(=O)Nc1ccc(C(=O)NC(c2ccncc2)c2ccc(F)cc2)cc1. The molecule has 136 valence electrons. The Morgan fingerprint density at radius 3 is 2.07 bits per heavy atom. The Morgan fingerprint density at radius 1 is 0.889 bits per heavy atom. The van der Waals surface area contributed by atoms with Crippen molar-refractivity contribution in [3.05, 3.63) is 95.6 Å². The van der Waals surface area contributed by atoms with Gasteiger partial charge >= 0.3 is 0 Å². The first-order valence-corrected chi connectivity index (χ1v) is 8.37. The van der Waals surface area contributed by atoms with Gasteiger partial charge in [0.1, 0.15) is 5.82 Å². The molecule has 1 aromatic heterocycles. The molecule has 0 bridgehead atoms. The van der Waals surface area contributed by atoms with Gasteiger partial charge in [-0.3, -0.25) is 14.6 Å². The Bertz CT molecular complexity index is 926. The largest absolute Gasteiger partial charge is 0.341 e. The van der Waals surface area contributed by atoms with E-state index >= 15 is 0 Å². The summed E-state index contributed by atoms with van der Waals surface area (Å²) in [6, 6.07) is 15.7. The molecular weight excluding hydrogens is 345 g/mol. The highest BCUT2D eigenvalue weighted by atomic mass is 19.1. The van der Waals surface area contributed by atoms with Crippen LogP contribution in [0.15, 0.2) is 73.1 Å². The van der Waals surface area contributed by atoms with Crippen molar-refractivity contribution in [1.82, 2.24) is 10.3 Å². The maximum atomic E-state index is 13.3. The molecule has 0 aliphatic carbocycles. The van der Waals surface area contributed by atoms with Crippen LogP contribution in [0.5, 0.6) is 0 Å². The van der Waals surface area contributed by atoms with Gasteiger partial charge in [-0.2, -0.15) is 0 Å². The van der Waals surface area contributed by atoms with E-state index in [0.29, 0.717) is 11.3 Å².